The zero-order valence-electron chi connectivity index (χ0n) is 12.4. The Balaban J connectivity index is 2.24. The Morgan fingerprint density at radius 3 is 2.95 bits per heavy atom. The molecular weight excluding hydrogens is 252 g/mol. The van der Waals surface area contributed by atoms with E-state index in [1.807, 2.05) is 4.90 Å². The Hall–Kier alpha value is -1.71. The zero-order chi connectivity index (χ0) is 14.5. The van der Waals surface area contributed by atoms with Gasteiger partial charge in [0.2, 0.25) is 0 Å². The molecule has 1 aliphatic rings. The standard InChI is InChI=1S/C16H24N2O2/c1-3-6-12-7-4-5-10-18(12)16(19)14-11-13(20-2)8-9-15(14)17/h8-9,11-12H,3-7,10,17H2,1-2H3. The summed E-state index contributed by atoms with van der Waals surface area (Å²) >= 11 is 0. The minimum absolute atomic E-state index is 0.0413. The number of nitrogens with zero attached hydrogens (tertiary/aromatic N) is 1. The summed E-state index contributed by atoms with van der Waals surface area (Å²) in [6, 6.07) is 5.62. The molecule has 0 aromatic heterocycles. The van der Waals surface area contributed by atoms with Crippen LogP contribution in [0.15, 0.2) is 18.2 Å². The normalized spacial score (nSPS) is 18.9. The van der Waals surface area contributed by atoms with E-state index in [9.17, 15) is 4.79 Å². The van der Waals surface area contributed by atoms with Gasteiger partial charge in [-0.25, -0.2) is 0 Å². The number of likely N-dealkylation sites (tertiary alicyclic amines) is 1. The van der Waals surface area contributed by atoms with E-state index in [2.05, 4.69) is 6.92 Å². The molecule has 1 heterocycles. The summed E-state index contributed by atoms with van der Waals surface area (Å²) in [6.07, 6.45) is 5.55. The summed E-state index contributed by atoms with van der Waals surface area (Å²) in [5.41, 5.74) is 7.06. The first-order valence-electron chi connectivity index (χ1n) is 7.41. The number of benzene rings is 1. The van der Waals surface area contributed by atoms with Crippen molar-refractivity contribution in [1.82, 2.24) is 4.90 Å². The summed E-state index contributed by atoms with van der Waals surface area (Å²) in [7, 11) is 1.60. The number of nitrogen functional groups attached to an aromatic ring is 1. The van der Waals surface area contributed by atoms with Crippen molar-refractivity contribution < 1.29 is 9.53 Å². The van der Waals surface area contributed by atoms with Gasteiger partial charge >= 0.3 is 0 Å². The van der Waals surface area contributed by atoms with Crippen LogP contribution in [0, 0.1) is 0 Å². The van der Waals surface area contributed by atoms with Crippen LogP contribution in [0.25, 0.3) is 0 Å². The lowest BCUT2D eigenvalue weighted by Gasteiger charge is -2.36. The van der Waals surface area contributed by atoms with Gasteiger partial charge in [-0.15, -0.1) is 0 Å². The van der Waals surface area contributed by atoms with Crippen molar-refractivity contribution in [2.75, 3.05) is 19.4 Å². The quantitative estimate of drug-likeness (QED) is 0.860. The molecule has 1 fully saturated rings. The third-order valence-electron chi connectivity index (χ3n) is 4.00. The molecule has 1 aromatic carbocycles. The average molecular weight is 276 g/mol. The molecule has 1 unspecified atom stereocenters. The fraction of sp³-hybridized carbons (Fsp3) is 0.562. The average Bonchev–Trinajstić information content (AvgIpc) is 2.48. The lowest BCUT2D eigenvalue weighted by atomic mass is 9.97. The molecule has 0 saturated carbocycles. The molecule has 0 radical (unpaired) electrons. The molecule has 0 aliphatic carbocycles. The van der Waals surface area contributed by atoms with E-state index < -0.39 is 0 Å². The van der Waals surface area contributed by atoms with E-state index in [4.69, 9.17) is 10.5 Å². The van der Waals surface area contributed by atoms with Gasteiger partial charge in [0.05, 0.1) is 12.7 Å². The minimum Gasteiger partial charge on any atom is -0.497 e. The molecule has 0 spiro atoms. The lowest BCUT2D eigenvalue weighted by Crippen LogP contribution is -2.43. The molecule has 110 valence electrons. The summed E-state index contributed by atoms with van der Waals surface area (Å²) in [5.74, 6) is 0.714. The van der Waals surface area contributed by atoms with Crippen molar-refractivity contribution in [3.63, 3.8) is 0 Å². The number of ether oxygens (including phenoxy) is 1. The van der Waals surface area contributed by atoms with Crippen LogP contribution in [-0.2, 0) is 0 Å². The summed E-state index contributed by atoms with van der Waals surface area (Å²) in [5, 5.41) is 0. The van der Waals surface area contributed by atoms with E-state index in [-0.39, 0.29) is 5.91 Å². The summed E-state index contributed by atoms with van der Waals surface area (Å²) in [4.78, 5) is 14.8. The van der Waals surface area contributed by atoms with E-state index in [0.717, 1.165) is 32.2 Å². The zero-order valence-corrected chi connectivity index (χ0v) is 12.4. The number of hydrogen-bond donors (Lipinski definition) is 1. The van der Waals surface area contributed by atoms with Crippen molar-refractivity contribution in [1.29, 1.82) is 0 Å². The van der Waals surface area contributed by atoms with Crippen LogP contribution in [0.2, 0.25) is 0 Å². The molecule has 0 bridgehead atoms. The second-order valence-corrected chi connectivity index (χ2v) is 5.39. The summed E-state index contributed by atoms with van der Waals surface area (Å²) < 4.78 is 5.20. The van der Waals surface area contributed by atoms with Crippen LogP contribution in [0.5, 0.6) is 5.75 Å². The predicted molar refractivity (Wildman–Crippen MR) is 81.0 cm³/mol. The molecule has 2 rings (SSSR count). The van der Waals surface area contributed by atoms with Gasteiger partial charge in [0.15, 0.2) is 0 Å². The van der Waals surface area contributed by atoms with Crippen LogP contribution in [0.4, 0.5) is 5.69 Å². The van der Waals surface area contributed by atoms with Gasteiger partial charge < -0.3 is 15.4 Å². The number of piperidine rings is 1. The topological polar surface area (TPSA) is 55.6 Å². The lowest BCUT2D eigenvalue weighted by molar-refractivity contribution is 0.0601. The maximum atomic E-state index is 12.8. The van der Waals surface area contributed by atoms with E-state index in [0.29, 0.717) is 23.0 Å². The first-order chi connectivity index (χ1) is 9.67. The maximum absolute atomic E-state index is 12.8. The molecule has 1 aromatic rings. The Bertz CT molecular complexity index is 472. The fourth-order valence-electron chi connectivity index (χ4n) is 2.90. The molecule has 4 nitrogen and oxygen atoms in total. The largest absolute Gasteiger partial charge is 0.497 e. The van der Waals surface area contributed by atoms with Gasteiger partial charge in [0.1, 0.15) is 5.75 Å². The van der Waals surface area contributed by atoms with E-state index in [1.54, 1.807) is 25.3 Å². The second-order valence-electron chi connectivity index (χ2n) is 5.39. The number of carbonyl (C=O) groups excluding carboxylic acids is 1. The Morgan fingerprint density at radius 1 is 1.45 bits per heavy atom. The second kappa shape index (κ2) is 6.64. The van der Waals surface area contributed by atoms with Gasteiger partial charge in [-0.05, 0) is 43.9 Å². The molecular formula is C16H24N2O2. The van der Waals surface area contributed by atoms with Crippen molar-refractivity contribution in [3.05, 3.63) is 23.8 Å². The van der Waals surface area contributed by atoms with Gasteiger partial charge in [-0.1, -0.05) is 13.3 Å². The van der Waals surface area contributed by atoms with Crippen molar-refractivity contribution in [2.24, 2.45) is 0 Å². The number of rotatable bonds is 4. The van der Waals surface area contributed by atoms with Crippen LogP contribution >= 0.6 is 0 Å². The number of anilines is 1. The van der Waals surface area contributed by atoms with Crippen LogP contribution in [0.3, 0.4) is 0 Å². The van der Waals surface area contributed by atoms with Gasteiger partial charge in [-0.3, -0.25) is 4.79 Å². The predicted octanol–water partition coefficient (Wildman–Crippen LogP) is 3.07. The van der Waals surface area contributed by atoms with E-state index in [1.165, 1.54) is 6.42 Å². The molecule has 1 atom stereocenters. The highest BCUT2D eigenvalue weighted by atomic mass is 16.5. The van der Waals surface area contributed by atoms with Crippen LogP contribution in [-0.4, -0.2) is 30.5 Å². The number of carbonyl (C=O) groups is 1. The molecule has 1 saturated heterocycles. The summed E-state index contributed by atoms with van der Waals surface area (Å²) in [6.45, 7) is 3.00. The third kappa shape index (κ3) is 3.06. The highest BCUT2D eigenvalue weighted by molar-refractivity contribution is 5.99. The minimum atomic E-state index is 0.0413. The van der Waals surface area contributed by atoms with Crippen LogP contribution < -0.4 is 10.5 Å². The highest BCUT2D eigenvalue weighted by Gasteiger charge is 2.27. The molecule has 2 N–H and O–H groups in total. The third-order valence-corrected chi connectivity index (χ3v) is 4.00. The smallest absolute Gasteiger partial charge is 0.256 e. The highest BCUT2D eigenvalue weighted by Crippen LogP contribution is 2.26. The Kier molecular flexibility index (Phi) is 4.88. The SMILES string of the molecule is CCCC1CCCCN1C(=O)c1cc(OC)ccc1N. The van der Waals surface area contributed by atoms with Crippen molar-refractivity contribution in [2.45, 2.75) is 45.1 Å². The molecule has 4 heteroatoms. The van der Waals surface area contributed by atoms with Gasteiger partial charge in [0, 0.05) is 18.3 Å². The van der Waals surface area contributed by atoms with Gasteiger partial charge in [0.25, 0.3) is 5.91 Å². The number of methoxy groups -OCH3 is 1. The number of hydrogen-bond acceptors (Lipinski definition) is 3. The van der Waals surface area contributed by atoms with E-state index >= 15 is 0 Å². The monoisotopic (exact) mass is 276 g/mol. The first-order valence-corrected chi connectivity index (χ1v) is 7.41. The number of amides is 1. The molecule has 20 heavy (non-hydrogen) atoms. The number of nitrogens with two attached hydrogens (primary N) is 1. The fourth-order valence-corrected chi connectivity index (χ4v) is 2.90. The Morgan fingerprint density at radius 2 is 2.25 bits per heavy atom. The molecule has 1 aliphatic heterocycles. The maximum Gasteiger partial charge on any atom is 0.256 e. The molecule has 1 amide bonds. The van der Waals surface area contributed by atoms with Crippen LogP contribution in [0.1, 0.15) is 49.4 Å². The van der Waals surface area contributed by atoms with Crippen molar-refractivity contribution in [3.8, 4) is 5.75 Å². The Labute approximate surface area is 120 Å². The van der Waals surface area contributed by atoms with Gasteiger partial charge in [-0.2, -0.15) is 0 Å². The van der Waals surface area contributed by atoms with Crippen molar-refractivity contribution >= 4 is 11.6 Å². The first kappa shape index (κ1) is 14.7.